The Bertz CT molecular complexity index is 281. The van der Waals surface area contributed by atoms with Crippen LogP contribution in [0, 0.1) is 0 Å². The quantitative estimate of drug-likeness (QED) is 0.651. The van der Waals surface area contributed by atoms with Crippen molar-refractivity contribution in [2.75, 3.05) is 20.6 Å². The van der Waals surface area contributed by atoms with Crippen LogP contribution < -0.4 is 0 Å². The van der Waals surface area contributed by atoms with Gasteiger partial charge in [0.15, 0.2) is 0 Å². The first-order valence-electron chi connectivity index (χ1n) is 4.41. The summed E-state index contributed by atoms with van der Waals surface area (Å²) >= 11 is 0. The monoisotopic (exact) mass is 177 g/mol. The van der Waals surface area contributed by atoms with Gasteiger partial charge in [-0.1, -0.05) is 18.2 Å². The molecule has 0 aliphatic carbocycles. The molecule has 0 aliphatic heterocycles. The summed E-state index contributed by atoms with van der Waals surface area (Å²) in [5.41, 5.74) is 1.98. The first-order valence-corrected chi connectivity index (χ1v) is 4.41. The topological polar surface area (TPSA) is 20.3 Å². The molecule has 70 valence electrons. The zero-order valence-electron chi connectivity index (χ0n) is 8.16. The number of likely N-dealkylation sites (N-methyl/N-ethyl adjacent to an activating group) is 1. The molecule has 0 fully saturated rings. The van der Waals surface area contributed by atoms with E-state index in [1.807, 2.05) is 32.3 Å². The number of benzene rings is 1. The Morgan fingerprint density at radius 2 is 2.15 bits per heavy atom. The van der Waals surface area contributed by atoms with Gasteiger partial charge in [-0.25, -0.2) is 0 Å². The lowest BCUT2D eigenvalue weighted by Gasteiger charge is -2.08. The Hall–Kier alpha value is -1.15. The fraction of sp³-hybridized carbons (Fsp3) is 0.364. The van der Waals surface area contributed by atoms with Crippen LogP contribution in [0.2, 0.25) is 0 Å². The van der Waals surface area contributed by atoms with Gasteiger partial charge in [0.2, 0.25) is 0 Å². The van der Waals surface area contributed by atoms with Gasteiger partial charge in [-0.3, -0.25) is 4.79 Å². The van der Waals surface area contributed by atoms with Gasteiger partial charge in [0.05, 0.1) is 0 Å². The molecule has 0 aromatic heterocycles. The molecule has 0 unspecified atom stereocenters. The van der Waals surface area contributed by atoms with E-state index in [1.165, 1.54) is 5.56 Å². The molecule has 13 heavy (non-hydrogen) atoms. The summed E-state index contributed by atoms with van der Waals surface area (Å²) in [6.45, 7) is 1.02. The van der Waals surface area contributed by atoms with Crippen LogP contribution in [0.15, 0.2) is 24.3 Å². The number of rotatable bonds is 4. The SMILES string of the molecule is CN(C)CCc1cccc(C=O)c1. The van der Waals surface area contributed by atoms with Crippen molar-refractivity contribution < 1.29 is 4.79 Å². The summed E-state index contributed by atoms with van der Waals surface area (Å²) < 4.78 is 0. The van der Waals surface area contributed by atoms with E-state index in [2.05, 4.69) is 11.0 Å². The number of carbonyl (C=O) groups is 1. The summed E-state index contributed by atoms with van der Waals surface area (Å²) in [5, 5.41) is 0. The Labute approximate surface area is 79.2 Å². The van der Waals surface area contributed by atoms with Gasteiger partial charge in [-0.15, -0.1) is 0 Å². The molecule has 0 amide bonds. The van der Waals surface area contributed by atoms with Crippen LogP contribution in [0.4, 0.5) is 0 Å². The lowest BCUT2D eigenvalue weighted by molar-refractivity contribution is 0.112. The average Bonchev–Trinajstić information content (AvgIpc) is 2.15. The van der Waals surface area contributed by atoms with E-state index in [-0.39, 0.29) is 0 Å². The van der Waals surface area contributed by atoms with Gasteiger partial charge in [0.1, 0.15) is 6.29 Å². The average molecular weight is 177 g/mol. The van der Waals surface area contributed by atoms with Crippen molar-refractivity contribution in [3.8, 4) is 0 Å². The molecule has 0 aliphatic rings. The molecular weight excluding hydrogens is 162 g/mol. The predicted molar refractivity (Wildman–Crippen MR) is 54.1 cm³/mol. The van der Waals surface area contributed by atoms with E-state index in [0.29, 0.717) is 0 Å². The van der Waals surface area contributed by atoms with Gasteiger partial charge in [0.25, 0.3) is 0 Å². The molecule has 0 atom stereocenters. The van der Waals surface area contributed by atoms with Gasteiger partial charge in [-0.05, 0) is 32.1 Å². The first-order chi connectivity index (χ1) is 6.22. The van der Waals surface area contributed by atoms with Crippen LogP contribution in [-0.4, -0.2) is 31.8 Å². The minimum atomic E-state index is 0.760. The van der Waals surface area contributed by atoms with Crippen molar-refractivity contribution in [1.29, 1.82) is 0 Å². The summed E-state index contributed by atoms with van der Waals surface area (Å²) in [4.78, 5) is 12.6. The highest BCUT2D eigenvalue weighted by Crippen LogP contribution is 2.04. The molecule has 2 nitrogen and oxygen atoms in total. The highest BCUT2D eigenvalue weighted by Gasteiger charge is 1.95. The van der Waals surface area contributed by atoms with Crippen molar-refractivity contribution in [3.05, 3.63) is 35.4 Å². The van der Waals surface area contributed by atoms with E-state index in [0.717, 1.165) is 24.8 Å². The lowest BCUT2D eigenvalue weighted by atomic mass is 10.1. The zero-order valence-corrected chi connectivity index (χ0v) is 8.16. The van der Waals surface area contributed by atoms with Crippen molar-refractivity contribution in [2.45, 2.75) is 6.42 Å². The van der Waals surface area contributed by atoms with E-state index < -0.39 is 0 Å². The van der Waals surface area contributed by atoms with E-state index in [9.17, 15) is 4.79 Å². The minimum absolute atomic E-state index is 0.760. The van der Waals surface area contributed by atoms with Crippen LogP contribution in [0.1, 0.15) is 15.9 Å². The Kier molecular flexibility index (Phi) is 3.65. The third-order valence-corrected chi connectivity index (χ3v) is 1.93. The van der Waals surface area contributed by atoms with Crippen molar-refractivity contribution >= 4 is 6.29 Å². The molecule has 2 heteroatoms. The molecule has 0 bridgehead atoms. The first kappa shape index (κ1) is 9.93. The zero-order chi connectivity index (χ0) is 9.68. The maximum Gasteiger partial charge on any atom is 0.150 e. The summed E-state index contributed by atoms with van der Waals surface area (Å²) in [6, 6.07) is 7.74. The van der Waals surface area contributed by atoms with Crippen LogP contribution in [0.3, 0.4) is 0 Å². The highest BCUT2D eigenvalue weighted by atomic mass is 16.1. The van der Waals surface area contributed by atoms with Gasteiger partial charge in [-0.2, -0.15) is 0 Å². The number of carbonyl (C=O) groups excluding carboxylic acids is 1. The Morgan fingerprint density at radius 1 is 1.38 bits per heavy atom. The van der Waals surface area contributed by atoms with Crippen molar-refractivity contribution in [1.82, 2.24) is 4.90 Å². The maximum atomic E-state index is 10.5. The molecule has 1 aromatic carbocycles. The minimum Gasteiger partial charge on any atom is -0.309 e. The molecule has 1 aromatic rings. The van der Waals surface area contributed by atoms with Gasteiger partial charge < -0.3 is 4.90 Å². The normalized spacial score (nSPS) is 10.4. The largest absolute Gasteiger partial charge is 0.309 e. The molecule has 0 radical (unpaired) electrons. The smallest absolute Gasteiger partial charge is 0.150 e. The maximum absolute atomic E-state index is 10.5. The highest BCUT2D eigenvalue weighted by molar-refractivity contribution is 5.74. The number of aldehydes is 1. The second kappa shape index (κ2) is 4.77. The van der Waals surface area contributed by atoms with Crippen molar-refractivity contribution in [3.63, 3.8) is 0 Å². The third kappa shape index (κ3) is 3.38. The molecule has 0 heterocycles. The molecular formula is C11H15NO. The number of nitrogens with zero attached hydrogens (tertiary/aromatic N) is 1. The lowest BCUT2D eigenvalue weighted by Crippen LogP contribution is -2.15. The Balaban J connectivity index is 2.61. The van der Waals surface area contributed by atoms with Gasteiger partial charge >= 0.3 is 0 Å². The summed E-state index contributed by atoms with van der Waals surface area (Å²) in [6.07, 6.45) is 1.88. The van der Waals surface area contributed by atoms with Crippen LogP contribution in [0.5, 0.6) is 0 Å². The fourth-order valence-electron chi connectivity index (χ4n) is 1.17. The second-order valence-corrected chi connectivity index (χ2v) is 3.42. The van der Waals surface area contributed by atoms with E-state index in [1.54, 1.807) is 0 Å². The van der Waals surface area contributed by atoms with E-state index in [4.69, 9.17) is 0 Å². The van der Waals surface area contributed by atoms with Crippen LogP contribution in [-0.2, 0) is 6.42 Å². The summed E-state index contributed by atoms with van der Waals surface area (Å²) in [7, 11) is 4.09. The van der Waals surface area contributed by atoms with Crippen LogP contribution in [0.25, 0.3) is 0 Å². The molecule has 0 spiro atoms. The molecule has 0 saturated carbocycles. The fourth-order valence-corrected chi connectivity index (χ4v) is 1.17. The third-order valence-electron chi connectivity index (χ3n) is 1.93. The molecule has 1 rings (SSSR count). The van der Waals surface area contributed by atoms with Crippen LogP contribution >= 0.6 is 0 Å². The molecule has 0 N–H and O–H groups in total. The van der Waals surface area contributed by atoms with Gasteiger partial charge in [0, 0.05) is 12.1 Å². The number of hydrogen-bond donors (Lipinski definition) is 0. The van der Waals surface area contributed by atoms with E-state index >= 15 is 0 Å². The Morgan fingerprint density at radius 3 is 2.77 bits per heavy atom. The standard InChI is InChI=1S/C11H15NO/c1-12(2)7-6-10-4-3-5-11(8-10)9-13/h3-5,8-9H,6-7H2,1-2H3. The predicted octanol–water partition coefficient (Wildman–Crippen LogP) is 1.60. The number of hydrogen-bond acceptors (Lipinski definition) is 2. The summed E-state index contributed by atoms with van der Waals surface area (Å²) in [5.74, 6) is 0. The van der Waals surface area contributed by atoms with Crippen molar-refractivity contribution in [2.24, 2.45) is 0 Å². The molecule has 0 saturated heterocycles. The second-order valence-electron chi connectivity index (χ2n) is 3.42.